The van der Waals surface area contributed by atoms with Gasteiger partial charge in [0.1, 0.15) is 0 Å². The summed E-state index contributed by atoms with van der Waals surface area (Å²) < 4.78 is 0. The Morgan fingerprint density at radius 1 is 1.33 bits per heavy atom. The highest BCUT2D eigenvalue weighted by Gasteiger charge is 2.00. The number of benzene rings is 1. The fourth-order valence-electron chi connectivity index (χ4n) is 1.29. The summed E-state index contributed by atoms with van der Waals surface area (Å²) in [5.74, 6) is 0. The highest BCUT2D eigenvalue weighted by atomic mass is 14.7. The molecule has 0 saturated carbocycles. The number of nitrogen functional groups attached to an aromatic ring is 1. The van der Waals surface area contributed by atoms with Crippen molar-refractivity contribution in [2.24, 2.45) is 4.99 Å². The van der Waals surface area contributed by atoms with E-state index < -0.39 is 0 Å². The van der Waals surface area contributed by atoms with Crippen molar-refractivity contribution in [1.82, 2.24) is 0 Å². The fourth-order valence-corrected chi connectivity index (χ4v) is 1.29. The molecule has 0 atom stereocenters. The summed E-state index contributed by atoms with van der Waals surface area (Å²) in [6.07, 6.45) is 6.57. The first-order valence-corrected chi connectivity index (χ1v) is 3.93. The molecule has 0 radical (unpaired) electrons. The van der Waals surface area contributed by atoms with Crippen LogP contribution in [0.1, 0.15) is 11.1 Å². The third-order valence-electron chi connectivity index (χ3n) is 1.93. The van der Waals surface area contributed by atoms with Crippen LogP contribution in [0.25, 0.3) is 6.08 Å². The lowest BCUT2D eigenvalue weighted by atomic mass is 10.0. The highest BCUT2D eigenvalue weighted by molar-refractivity contribution is 5.71. The Balaban J connectivity index is 2.53. The molecular weight excluding hydrogens is 148 g/mol. The first kappa shape index (κ1) is 7.10. The number of aliphatic imine (C=N–C) groups is 1. The van der Waals surface area contributed by atoms with Crippen LogP contribution >= 0.6 is 0 Å². The third-order valence-corrected chi connectivity index (χ3v) is 1.93. The Morgan fingerprint density at radius 2 is 2.25 bits per heavy atom. The predicted octanol–water partition coefficient (Wildman–Crippen LogP) is 1.87. The molecule has 2 nitrogen and oxygen atoms in total. The number of fused-ring (bicyclic) bond motifs is 1. The van der Waals surface area contributed by atoms with Crippen molar-refractivity contribution in [3.05, 3.63) is 35.5 Å². The minimum absolute atomic E-state index is 0.806. The number of anilines is 1. The van der Waals surface area contributed by atoms with Gasteiger partial charge in [0, 0.05) is 24.5 Å². The van der Waals surface area contributed by atoms with E-state index in [-0.39, 0.29) is 0 Å². The Labute approximate surface area is 71.4 Å². The van der Waals surface area contributed by atoms with Crippen LogP contribution < -0.4 is 5.73 Å². The number of hydrogen-bond acceptors (Lipinski definition) is 2. The fraction of sp³-hybridized carbons (Fsp3) is 0.100. The van der Waals surface area contributed by atoms with Crippen LogP contribution in [0.3, 0.4) is 0 Å². The molecule has 2 rings (SSSR count). The van der Waals surface area contributed by atoms with Crippen LogP contribution in [0.15, 0.2) is 29.4 Å². The van der Waals surface area contributed by atoms with Crippen molar-refractivity contribution in [2.45, 2.75) is 6.42 Å². The van der Waals surface area contributed by atoms with E-state index in [9.17, 15) is 0 Å². The summed E-state index contributed by atoms with van der Waals surface area (Å²) in [7, 11) is 0. The van der Waals surface area contributed by atoms with Gasteiger partial charge in [-0.25, -0.2) is 0 Å². The summed E-state index contributed by atoms with van der Waals surface area (Å²) in [5, 5.41) is 0. The summed E-state index contributed by atoms with van der Waals surface area (Å²) in [6, 6.07) is 5.94. The van der Waals surface area contributed by atoms with Gasteiger partial charge in [-0.15, -0.1) is 0 Å². The Morgan fingerprint density at radius 3 is 3.17 bits per heavy atom. The summed E-state index contributed by atoms with van der Waals surface area (Å²) >= 11 is 0. The molecule has 1 heterocycles. The van der Waals surface area contributed by atoms with Crippen LogP contribution in [0.5, 0.6) is 0 Å². The van der Waals surface area contributed by atoms with Gasteiger partial charge in [-0.1, -0.05) is 6.07 Å². The van der Waals surface area contributed by atoms with Gasteiger partial charge in [0.05, 0.1) is 0 Å². The second-order valence-corrected chi connectivity index (χ2v) is 2.81. The SMILES string of the molecule is Nc1ccc2c(c1)C=CN=CC2. The van der Waals surface area contributed by atoms with E-state index in [4.69, 9.17) is 5.73 Å². The first-order valence-electron chi connectivity index (χ1n) is 3.93. The molecule has 2 heteroatoms. The largest absolute Gasteiger partial charge is 0.399 e. The van der Waals surface area contributed by atoms with Gasteiger partial charge in [-0.3, -0.25) is 4.99 Å². The quantitative estimate of drug-likeness (QED) is 0.575. The number of hydrogen-bond donors (Lipinski definition) is 1. The normalized spacial score (nSPS) is 14.0. The van der Waals surface area contributed by atoms with E-state index in [1.54, 1.807) is 6.20 Å². The smallest absolute Gasteiger partial charge is 0.0320 e. The molecule has 12 heavy (non-hydrogen) atoms. The van der Waals surface area contributed by atoms with E-state index in [2.05, 4.69) is 4.99 Å². The van der Waals surface area contributed by atoms with Crippen molar-refractivity contribution in [2.75, 3.05) is 5.73 Å². The zero-order valence-electron chi connectivity index (χ0n) is 6.70. The van der Waals surface area contributed by atoms with Crippen molar-refractivity contribution >= 4 is 18.0 Å². The van der Waals surface area contributed by atoms with Gasteiger partial charge in [0.15, 0.2) is 0 Å². The summed E-state index contributed by atoms with van der Waals surface area (Å²) in [5.41, 5.74) is 8.92. The van der Waals surface area contributed by atoms with Gasteiger partial charge >= 0.3 is 0 Å². The van der Waals surface area contributed by atoms with Gasteiger partial charge in [0.25, 0.3) is 0 Å². The average molecular weight is 158 g/mol. The van der Waals surface area contributed by atoms with E-state index in [0.29, 0.717) is 0 Å². The highest BCUT2D eigenvalue weighted by Crippen LogP contribution is 2.16. The number of rotatable bonds is 0. The third kappa shape index (κ3) is 1.23. The first-order chi connectivity index (χ1) is 5.86. The molecule has 1 aliphatic heterocycles. The molecule has 0 spiro atoms. The maximum atomic E-state index is 5.66. The lowest BCUT2D eigenvalue weighted by Crippen LogP contribution is -1.91. The van der Waals surface area contributed by atoms with E-state index in [0.717, 1.165) is 12.1 Å². The van der Waals surface area contributed by atoms with E-state index in [1.807, 2.05) is 30.5 Å². The van der Waals surface area contributed by atoms with Crippen LogP contribution in [0.2, 0.25) is 0 Å². The number of nitrogens with two attached hydrogens (primary N) is 1. The zero-order valence-corrected chi connectivity index (χ0v) is 6.70. The summed E-state index contributed by atoms with van der Waals surface area (Å²) in [6.45, 7) is 0. The molecule has 2 N–H and O–H groups in total. The topological polar surface area (TPSA) is 38.4 Å². The minimum Gasteiger partial charge on any atom is -0.399 e. The lowest BCUT2D eigenvalue weighted by molar-refractivity contribution is 1.35. The number of nitrogens with zero attached hydrogens (tertiary/aromatic N) is 1. The van der Waals surface area contributed by atoms with E-state index in [1.165, 1.54) is 11.1 Å². The van der Waals surface area contributed by atoms with Gasteiger partial charge in [-0.2, -0.15) is 0 Å². The van der Waals surface area contributed by atoms with Crippen LogP contribution in [-0.2, 0) is 6.42 Å². The van der Waals surface area contributed by atoms with Crippen molar-refractivity contribution in [1.29, 1.82) is 0 Å². The van der Waals surface area contributed by atoms with Crippen LogP contribution in [-0.4, -0.2) is 6.21 Å². The lowest BCUT2D eigenvalue weighted by Gasteiger charge is -2.02. The Hall–Kier alpha value is -1.57. The molecule has 0 saturated heterocycles. The summed E-state index contributed by atoms with van der Waals surface area (Å²) in [4.78, 5) is 4.07. The van der Waals surface area contributed by atoms with E-state index >= 15 is 0 Å². The molecule has 0 bridgehead atoms. The molecule has 1 aromatic carbocycles. The Bertz CT molecular complexity index is 351. The molecule has 0 unspecified atom stereocenters. The molecule has 0 aliphatic carbocycles. The Kier molecular flexibility index (Phi) is 1.67. The standard InChI is InChI=1S/C10H10N2/c11-10-2-1-8-3-5-12-6-4-9(8)7-10/h1-2,4-7H,3,11H2. The van der Waals surface area contributed by atoms with Gasteiger partial charge in [0.2, 0.25) is 0 Å². The molecular formula is C10H10N2. The molecule has 0 aromatic heterocycles. The minimum atomic E-state index is 0.806. The molecule has 0 fully saturated rings. The van der Waals surface area contributed by atoms with Crippen molar-refractivity contribution in [3.8, 4) is 0 Å². The van der Waals surface area contributed by atoms with Crippen molar-refractivity contribution < 1.29 is 0 Å². The van der Waals surface area contributed by atoms with Crippen LogP contribution in [0.4, 0.5) is 5.69 Å². The van der Waals surface area contributed by atoms with Crippen molar-refractivity contribution in [3.63, 3.8) is 0 Å². The monoisotopic (exact) mass is 158 g/mol. The average Bonchev–Trinajstić information content (AvgIpc) is 2.28. The molecule has 1 aromatic rings. The van der Waals surface area contributed by atoms with Gasteiger partial charge < -0.3 is 5.73 Å². The maximum Gasteiger partial charge on any atom is 0.0320 e. The molecule has 1 aliphatic rings. The molecule has 60 valence electrons. The van der Waals surface area contributed by atoms with Gasteiger partial charge in [-0.05, 0) is 29.3 Å². The second kappa shape index (κ2) is 2.81. The molecule has 0 amide bonds. The maximum absolute atomic E-state index is 5.66. The van der Waals surface area contributed by atoms with Crippen LogP contribution in [0, 0.1) is 0 Å². The second-order valence-electron chi connectivity index (χ2n) is 2.81. The predicted molar refractivity (Wildman–Crippen MR) is 52.1 cm³/mol. The zero-order chi connectivity index (χ0) is 8.39.